The summed E-state index contributed by atoms with van der Waals surface area (Å²) in [6.07, 6.45) is -3.49. The smallest absolute Gasteiger partial charge is 0.446 e. The summed E-state index contributed by atoms with van der Waals surface area (Å²) in [6.45, 7) is 6.69. The highest BCUT2D eigenvalue weighted by molar-refractivity contribution is 7.81. The minimum atomic E-state index is -5.22. The molecule has 3 aromatic rings. The van der Waals surface area contributed by atoms with Gasteiger partial charge in [-0.15, -0.1) is 10.2 Å². The molecule has 2 aliphatic carbocycles. The normalized spacial score (nSPS) is 29.8. The summed E-state index contributed by atoms with van der Waals surface area (Å²) in [5, 5.41) is 103. The summed E-state index contributed by atoms with van der Waals surface area (Å²) in [6, 6.07) is 0.331. The van der Waals surface area contributed by atoms with Gasteiger partial charge in [-0.25, -0.2) is 0 Å². The number of benzene rings is 2. The van der Waals surface area contributed by atoms with Crippen molar-refractivity contribution < 1.29 is 86.5 Å². The Balaban J connectivity index is 0.914. The molecule has 6 aliphatic rings. The number of carbonyl (C=O) groups is 7. The number of nitrogens with one attached hydrogen (secondary N) is 5. The van der Waals surface area contributed by atoms with E-state index in [2.05, 4.69) is 75.0 Å². The Hall–Kier alpha value is -6.72. The first-order valence-corrected chi connectivity index (χ1v) is 34.2. The predicted molar refractivity (Wildman–Crippen MR) is 335 cm³/mol. The second kappa shape index (κ2) is 31.2. The van der Waals surface area contributed by atoms with Crippen molar-refractivity contribution in [2.45, 2.75) is 176 Å². The van der Waals surface area contributed by atoms with E-state index in [4.69, 9.17) is 5.73 Å². The number of fused-ring (bicyclic) bond motifs is 2. The Morgan fingerprint density at radius 2 is 1.43 bits per heavy atom. The highest BCUT2D eigenvalue weighted by Crippen LogP contribution is 2.39. The zero-order valence-corrected chi connectivity index (χ0v) is 53.7. The van der Waals surface area contributed by atoms with Crippen molar-refractivity contribution in [3.63, 3.8) is 0 Å². The number of carbonyl (C=O) groups excluding carboxylic acids is 7. The molecule has 32 heteroatoms. The molecule has 13 atom stereocenters. The number of nitrogens with zero attached hydrogens (tertiary/aromatic N) is 6. The van der Waals surface area contributed by atoms with Crippen LogP contribution in [0.25, 0.3) is 10.6 Å². The van der Waals surface area contributed by atoms with E-state index < -0.39 is 181 Å². The number of nitrogens with two attached hydrogens (primary N) is 1. The van der Waals surface area contributed by atoms with Gasteiger partial charge in [-0.05, 0) is 112 Å². The summed E-state index contributed by atoms with van der Waals surface area (Å²) in [4.78, 5) is 106. The molecule has 5 heterocycles. The van der Waals surface area contributed by atoms with E-state index in [1.165, 1.54) is 58.2 Å². The lowest BCUT2D eigenvalue weighted by molar-refractivity contribution is -0.147. The fourth-order valence-corrected chi connectivity index (χ4v) is 15.1. The van der Waals surface area contributed by atoms with Gasteiger partial charge in [0.2, 0.25) is 41.4 Å². The maximum absolute atomic E-state index is 14.7. The van der Waals surface area contributed by atoms with Crippen LogP contribution in [0.4, 0.5) is 5.69 Å². The monoisotopic (exact) mass is 1340 g/mol. The number of rotatable bonds is 17. The van der Waals surface area contributed by atoms with E-state index in [9.17, 15) is 82.3 Å². The van der Waals surface area contributed by atoms with E-state index >= 15 is 0 Å². The number of piperazine rings is 1. The van der Waals surface area contributed by atoms with Crippen molar-refractivity contribution in [3.05, 3.63) is 53.0 Å². The number of aromatic nitrogens is 2. The number of hydrogen-bond donors (Lipinski definition) is 14. The molecular formula is C61H88N12O18S2. The van der Waals surface area contributed by atoms with Gasteiger partial charge in [0.15, 0.2) is 11.5 Å². The van der Waals surface area contributed by atoms with E-state index in [0.717, 1.165) is 88.5 Å². The molecule has 4 aliphatic heterocycles. The lowest BCUT2D eigenvalue weighted by Gasteiger charge is -2.38. The number of anilines is 1. The molecule has 0 bridgehead atoms. The first kappa shape index (κ1) is 70.6. The van der Waals surface area contributed by atoms with Crippen LogP contribution in [-0.2, 0) is 50.4 Å². The lowest BCUT2D eigenvalue weighted by Crippen LogP contribution is -2.64. The topological polar surface area (TPSA) is 450 Å². The molecule has 7 amide bonds. The average molecular weight is 1340 g/mol. The fraction of sp³-hybridized carbons (Fsp3) is 0.656. The molecule has 4 saturated heterocycles. The summed E-state index contributed by atoms with van der Waals surface area (Å²) in [5.41, 5.74) is 7.48. The van der Waals surface area contributed by atoms with Gasteiger partial charge in [-0.2, -0.15) is 8.42 Å². The Labute approximate surface area is 542 Å². The molecule has 2 saturated carbocycles. The van der Waals surface area contributed by atoms with Crippen molar-refractivity contribution in [1.82, 2.24) is 51.5 Å². The van der Waals surface area contributed by atoms with E-state index in [1.54, 1.807) is 11.3 Å². The molecule has 30 nitrogen and oxygen atoms in total. The van der Waals surface area contributed by atoms with Crippen molar-refractivity contribution in [3.8, 4) is 22.1 Å². The average Bonchev–Trinajstić information content (AvgIpc) is 1.74. The van der Waals surface area contributed by atoms with Gasteiger partial charge >= 0.3 is 10.4 Å². The Morgan fingerprint density at radius 1 is 0.763 bits per heavy atom. The van der Waals surface area contributed by atoms with Gasteiger partial charge in [0.05, 0.1) is 49.1 Å². The van der Waals surface area contributed by atoms with Crippen LogP contribution in [0.1, 0.15) is 107 Å². The van der Waals surface area contributed by atoms with Crippen LogP contribution < -0.4 is 41.4 Å². The molecular weight excluding hydrogens is 1250 g/mol. The molecule has 9 rings (SSSR count). The number of phenols is 1. The van der Waals surface area contributed by atoms with E-state index in [0.29, 0.717) is 12.8 Å². The highest BCUT2D eigenvalue weighted by Gasteiger charge is 2.50. The third-order valence-corrected chi connectivity index (χ3v) is 20.4. The first-order chi connectivity index (χ1) is 44.2. The summed E-state index contributed by atoms with van der Waals surface area (Å²) in [7, 11) is -5.22. The largest absolute Gasteiger partial charge is 0.504 e. The molecule has 0 spiro atoms. The second-order valence-electron chi connectivity index (χ2n) is 25.9. The van der Waals surface area contributed by atoms with Gasteiger partial charge in [0.25, 0.3) is 0 Å². The van der Waals surface area contributed by atoms with Crippen molar-refractivity contribution in [1.29, 1.82) is 0 Å². The Kier molecular flexibility index (Phi) is 23.7. The second-order valence-corrected chi connectivity index (χ2v) is 27.9. The molecule has 6 fully saturated rings. The zero-order chi connectivity index (χ0) is 67.0. The SMILES string of the molecule is C[C@@H](O)[C@@H]1NC(=O)[C@@H](NC[C@H]2CC[C@H](c3nnc(-c4ccc(N5CCN(CC6CCCCC6)CC5)cc4)s3)CC2)C[C@@H](O)CNC(=O)[C@@H]2[C@@H](O)[C@@H](C)CN2C(=O)[C@H]([C@H](O)CC(N)=O)NC(=O)[C@H]([C@H](O)Cc2ccc(O)c(OS(=O)(=O)O)c2)NC(=O)[C@@H]2C[C@@H](O)CN2C1=O. The number of aliphatic hydroxyl groups excluding tert-OH is 6. The highest BCUT2D eigenvalue weighted by atomic mass is 32.3. The van der Waals surface area contributed by atoms with Crippen LogP contribution in [0.3, 0.4) is 0 Å². The number of aliphatic hydroxyl groups is 6. The number of amides is 7. The number of hydrogen-bond acceptors (Lipinski definition) is 23. The molecule has 93 heavy (non-hydrogen) atoms. The van der Waals surface area contributed by atoms with Crippen LogP contribution in [-0.4, -0.2) is 247 Å². The van der Waals surface area contributed by atoms with E-state index in [-0.39, 0.29) is 30.5 Å². The molecule has 512 valence electrons. The van der Waals surface area contributed by atoms with Crippen LogP contribution in [0.5, 0.6) is 11.5 Å². The zero-order valence-electron chi connectivity index (χ0n) is 52.1. The third kappa shape index (κ3) is 18.2. The van der Waals surface area contributed by atoms with Crippen molar-refractivity contribution >= 4 is 68.8 Å². The van der Waals surface area contributed by atoms with Gasteiger partial charge in [-0.1, -0.05) is 43.6 Å². The fourth-order valence-electron chi connectivity index (χ4n) is 13.7. The Morgan fingerprint density at radius 3 is 2.10 bits per heavy atom. The lowest BCUT2D eigenvalue weighted by atomic mass is 9.82. The standard InChI is InChI=1S/C61H88N12O18S2/c1-32-29-73-52(53(32)81)57(85)64-28-40(75)24-42(63-27-34-8-11-37(12-9-34)58-68-69-59(92-58)38-13-15-39(16-14-38)71-20-18-70(19-21-71)30-35-6-4-3-5-7-35)54(82)65-49(33(2)74)60(86)72-31-41(76)25-43(72)55(83)66-50(56(84)67-51(61(73)87)46(79)26-48(62)80)45(78)22-36-10-17-44(77)47(23-36)91-93(88,89)90/h10,13-17,23,32-35,37,40-43,45-46,49-53,63,74-79,81H,3-9,11-12,18-22,24-31H2,1-2H3,(H2,62,80)(H,64,85)(H,65,82)(H,66,83)(H,67,84)(H,88,89,90)/t32-,33+,34-,37-,40+,41+,42-,43-,45+,46+,49-,50-,51-,52-,53-/m0/s1. The summed E-state index contributed by atoms with van der Waals surface area (Å²) in [5.74, 6) is -9.63. The number of aromatic hydroxyl groups is 1. The van der Waals surface area contributed by atoms with Crippen LogP contribution in [0.2, 0.25) is 0 Å². The number of β-amino-alcohol motifs (C(OH)–C–C–N with tert-alkyl or cyclic N) is 1. The van der Waals surface area contributed by atoms with Gasteiger partial charge in [0, 0.05) is 88.3 Å². The van der Waals surface area contributed by atoms with Gasteiger partial charge < -0.3 is 86.9 Å². The predicted octanol–water partition coefficient (Wildman–Crippen LogP) is -2.25. The number of phenolic OH excluding ortho intramolecular Hbond substituents is 1. The quantitative estimate of drug-likeness (QED) is 0.0635. The first-order valence-electron chi connectivity index (χ1n) is 32.0. The Bertz CT molecular complexity index is 3230. The molecule has 15 N–H and O–H groups in total. The molecule has 0 radical (unpaired) electrons. The molecule has 0 unspecified atom stereocenters. The molecule has 2 aromatic carbocycles. The maximum Gasteiger partial charge on any atom is 0.446 e. The van der Waals surface area contributed by atoms with Gasteiger partial charge in [-0.3, -0.25) is 43.0 Å². The maximum atomic E-state index is 14.7. The van der Waals surface area contributed by atoms with Crippen molar-refractivity contribution in [2.24, 2.45) is 23.5 Å². The summed E-state index contributed by atoms with van der Waals surface area (Å²) >= 11 is 1.56. The van der Waals surface area contributed by atoms with Gasteiger partial charge in [0.1, 0.15) is 40.2 Å². The van der Waals surface area contributed by atoms with Crippen LogP contribution in [0, 0.1) is 17.8 Å². The third-order valence-electron chi connectivity index (χ3n) is 18.9. The van der Waals surface area contributed by atoms with Crippen molar-refractivity contribution in [2.75, 3.05) is 63.8 Å². The minimum Gasteiger partial charge on any atom is -0.504 e. The summed E-state index contributed by atoms with van der Waals surface area (Å²) < 4.78 is 36.9. The van der Waals surface area contributed by atoms with Crippen LogP contribution >= 0.6 is 11.3 Å². The minimum absolute atomic E-state index is 0.00529. The van der Waals surface area contributed by atoms with E-state index in [1.807, 2.05) is 0 Å². The van der Waals surface area contributed by atoms with Crippen LogP contribution in [0.15, 0.2) is 42.5 Å². The number of primary amides is 1. The molecule has 1 aromatic heterocycles.